The van der Waals surface area contributed by atoms with Crippen LogP contribution in [0.3, 0.4) is 0 Å². The zero-order valence-corrected chi connectivity index (χ0v) is 12.3. The Morgan fingerprint density at radius 1 is 1.27 bits per heavy atom. The number of benzene rings is 1. The highest BCUT2D eigenvalue weighted by Gasteiger charge is 2.30. The maximum Gasteiger partial charge on any atom is 0.390 e. The lowest BCUT2D eigenvalue weighted by Gasteiger charge is -2.20. The van der Waals surface area contributed by atoms with Crippen molar-refractivity contribution in [2.24, 2.45) is 5.92 Å². The van der Waals surface area contributed by atoms with Gasteiger partial charge in [-0.3, -0.25) is 0 Å². The van der Waals surface area contributed by atoms with Crippen molar-refractivity contribution in [1.29, 1.82) is 0 Å². The molecule has 0 spiro atoms. The Labute approximate surface area is 126 Å². The minimum absolute atomic E-state index is 0.198. The minimum Gasteiger partial charge on any atom is -0.371 e. The predicted molar refractivity (Wildman–Crippen MR) is 74.8 cm³/mol. The summed E-state index contributed by atoms with van der Waals surface area (Å²) < 4.78 is 62.9. The van der Waals surface area contributed by atoms with Crippen molar-refractivity contribution >= 4 is 5.69 Å². The molecule has 1 N–H and O–H groups in total. The molecule has 1 aliphatic rings. The second kappa shape index (κ2) is 6.81. The number of anilines is 1. The van der Waals surface area contributed by atoms with E-state index in [4.69, 9.17) is 0 Å². The van der Waals surface area contributed by atoms with Gasteiger partial charge in [0.2, 0.25) is 0 Å². The molecule has 0 aromatic heterocycles. The number of hydrogen-bond acceptors (Lipinski definition) is 2. The van der Waals surface area contributed by atoms with Gasteiger partial charge in [-0.2, -0.15) is 13.2 Å². The third-order valence-corrected chi connectivity index (χ3v) is 3.85. The number of rotatable bonds is 5. The standard InChI is InChI=1S/C15H19F5N2/c1-10(7-15(18,19)20)21-8-11-4-5-22(9-11)12-2-3-13(16)14(17)6-12/h2-3,6,10-11,21H,4-5,7-9H2,1H3/t10-,11-/m1/s1. The fourth-order valence-electron chi connectivity index (χ4n) is 2.70. The van der Waals surface area contributed by atoms with Gasteiger partial charge in [-0.05, 0) is 37.9 Å². The average Bonchev–Trinajstić information content (AvgIpc) is 2.86. The molecule has 0 aliphatic carbocycles. The number of nitrogens with zero attached hydrogens (tertiary/aromatic N) is 1. The van der Waals surface area contributed by atoms with Crippen LogP contribution in [0.4, 0.5) is 27.6 Å². The van der Waals surface area contributed by atoms with Gasteiger partial charge in [0.15, 0.2) is 11.6 Å². The van der Waals surface area contributed by atoms with Crippen LogP contribution < -0.4 is 10.2 Å². The second-order valence-corrected chi connectivity index (χ2v) is 5.83. The van der Waals surface area contributed by atoms with Crippen LogP contribution >= 0.6 is 0 Å². The van der Waals surface area contributed by atoms with Crippen LogP contribution in [0.1, 0.15) is 19.8 Å². The summed E-state index contributed by atoms with van der Waals surface area (Å²) in [6.45, 7) is 3.30. The molecular weight excluding hydrogens is 303 g/mol. The maximum atomic E-state index is 13.2. The molecule has 0 bridgehead atoms. The van der Waals surface area contributed by atoms with Crippen LogP contribution in [-0.4, -0.2) is 31.9 Å². The summed E-state index contributed by atoms with van der Waals surface area (Å²) in [5, 5.41) is 2.89. The SMILES string of the molecule is C[C@H](CC(F)(F)F)NC[C@H]1CCN(c2ccc(F)c(F)c2)C1. The molecule has 2 atom stereocenters. The van der Waals surface area contributed by atoms with Gasteiger partial charge >= 0.3 is 6.18 Å². The highest BCUT2D eigenvalue weighted by atomic mass is 19.4. The highest BCUT2D eigenvalue weighted by Crippen LogP contribution is 2.26. The molecule has 22 heavy (non-hydrogen) atoms. The van der Waals surface area contributed by atoms with Crippen molar-refractivity contribution < 1.29 is 22.0 Å². The van der Waals surface area contributed by atoms with Crippen LogP contribution in [0.5, 0.6) is 0 Å². The Kier molecular flexibility index (Phi) is 5.26. The fourth-order valence-corrected chi connectivity index (χ4v) is 2.70. The number of nitrogens with one attached hydrogen (secondary N) is 1. The lowest BCUT2D eigenvalue weighted by molar-refractivity contribution is -0.139. The van der Waals surface area contributed by atoms with E-state index in [1.165, 1.54) is 13.0 Å². The van der Waals surface area contributed by atoms with Crippen molar-refractivity contribution in [3.05, 3.63) is 29.8 Å². The number of alkyl halides is 3. The van der Waals surface area contributed by atoms with E-state index in [1.54, 1.807) is 0 Å². The summed E-state index contributed by atoms with van der Waals surface area (Å²) in [6.07, 6.45) is -4.21. The van der Waals surface area contributed by atoms with Crippen LogP contribution in [0.15, 0.2) is 18.2 Å². The molecule has 7 heteroatoms. The number of hydrogen-bond donors (Lipinski definition) is 1. The first-order valence-electron chi connectivity index (χ1n) is 7.25. The quantitative estimate of drug-likeness (QED) is 0.831. The third kappa shape index (κ3) is 4.83. The summed E-state index contributed by atoms with van der Waals surface area (Å²) >= 11 is 0. The molecule has 1 aromatic rings. The Hall–Kier alpha value is -1.37. The van der Waals surface area contributed by atoms with E-state index in [0.717, 1.165) is 18.6 Å². The Morgan fingerprint density at radius 3 is 2.64 bits per heavy atom. The van der Waals surface area contributed by atoms with Crippen LogP contribution in [-0.2, 0) is 0 Å². The topological polar surface area (TPSA) is 15.3 Å². The smallest absolute Gasteiger partial charge is 0.371 e. The lowest BCUT2D eigenvalue weighted by atomic mass is 10.1. The van der Waals surface area contributed by atoms with E-state index in [0.29, 0.717) is 25.3 Å². The molecule has 0 amide bonds. The van der Waals surface area contributed by atoms with Gasteiger partial charge in [0.1, 0.15) is 0 Å². The van der Waals surface area contributed by atoms with Crippen LogP contribution in [0, 0.1) is 17.6 Å². The predicted octanol–water partition coefficient (Wildman–Crippen LogP) is 3.72. The Bertz CT molecular complexity index is 503. The molecule has 0 unspecified atom stereocenters. The highest BCUT2D eigenvalue weighted by molar-refractivity contribution is 5.47. The van der Waals surface area contributed by atoms with E-state index in [2.05, 4.69) is 5.32 Å². The number of halogens is 5. The van der Waals surface area contributed by atoms with E-state index >= 15 is 0 Å². The molecule has 1 heterocycles. The van der Waals surface area contributed by atoms with Gasteiger partial charge in [-0.15, -0.1) is 0 Å². The molecule has 2 rings (SSSR count). The summed E-state index contributed by atoms with van der Waals surface area (Å²) in [5.41, 5.74) is 0.602. The van der Waals surface area contributed by atoms with E-state index in [9.17, 15) is 22.0 Å². The third-order valence-electron chi connectivity index (χ3n) is 3.85. The van der Waals surface area contributed by atoms with Crippen LogP contribution in [0.2, 0.25) is 0 Å². The lowest BCUT2D eigenvalue weighted by Crippen LogP contribution is -2.35. The first-order valence-corrected chi connectivity index (χ1v) is 7.25. The molecule has 124 valence electrons. The maximum absolute atomic E-state index is 13.2. The summed E-state index contributed by atoms with van der Waals surface area (Å²) in [4.78, 5) is 1.92. The average molecular weight is 322 g/mol. The van der Waals surface area contributed by atoms with Gasteiger partial charge in [0.05, 0.1) is 6.42 Å². The molecule has 1 aliphatic heterocycles. The van der Waals surface area contributed by atoms with Crippen molar-refractivity contribution in [2.75, 3.05) is 24.5 Å². The molecule has 2 nitrogen and oxygen atoms in total. The van der Waals surface area contributed by atoms with E-state index in [-0.39, 0.29) is 5.92 Å². The summed E-state index contributed by atoms with van der Waals surface area (Å²) in [5.74, 6) is -1.58. The van der Waals surface area contributed by atoms with Gasteiger partial charge in [0.25, 0.3) is 0 Å². The second-order valence-electron chi connectivity index (χ2n) is 5.83. The first kappa shape index (κ1) is 17.0. The van der Waals surface area contributed by atoms with Gasteiger partial charge in [0, 0.05) is 30.9 Å². The molecule has 0 radical (unpaired) electrons. The van der Waals surface area contributed by atoms with Crippen molar-refractivity contribution in [1.82, 2.24) is 5.32 Å². The van der Waals surface area contributed by atoms with Gasteiger partial charge in [-0.1, -0.05) is 0 Å². The molecule has 1 aromatic carbocycles. The summed E-state index contributed by atoms with van der Waals surface area (Å²) in [6, 6.07) is 3.12. The largest absolute Gasteiger partial charge is 0.390 e. The Morgan fingerprint density at radius 2 is 2.00 bits per heavy atom. The Balaban J connectivity index is 1.81. The zero-order chi connectivity index (χ0) is 16.3. The first-order chi connectivity index (χ1) is 10.2. The van der Waals surface area contributed by atoms with Crippen molar-refractivity contribution in [2.45, 2.75) is 32.0 Å². The van der Waals surface area contributed by atoms with Gasteiger partial charge < -0.3 is 10.2 Å². The van der Waals surface area contributed by atoms with E-state index in [1.807, 2.05) is 4.90 Å². The van der Waals surface area contributed by atoms with Gasteiger partial charge in [-0.25, -0.2) is 8.78 Å². The van der Waals surface area contributed by atoms with E-state index < -0.39 is 30.3 Å². The fraction of sp³-hybridized carbons (Fsp3) is 0.600. The van der Waals surface area contributed by atoms with Crippen molar-refractivity contribution in [3.8, 4) is 0 Å². The molecular formula is C15H19F5N2. The van der Waals surface area contributed by atoms with Crippen molar-refractivity contribution in [3.63, 3.8) is 0 Å². The monoisotopic (exact) mass is 322 g/mol. The summed E-state index contributed by atoms with van der Waals surface area (Å²) in [7, 11) is 0. The zero-order valence-electron chi connectivity index (χ0n) is 12.3. The normalized spacial score (nSPS) is 20.5. The minimum atomic E-state index is -4.17. The molecule has 1 saturated heterocycles. The van der Waals surface area contributed by atoms with Crippen LogP contribution in [0.25, 0.3) is 0 Å². The molecule has 1 fully saturated rings. The molecule has 0 saturated carbocycles.